The van der Waals surface area contributed by atoms with Crippen LogP contribution in [0, 0.1) is 6.92 Å². The molecule has 0 saturated carbocycles. The van der Waals surface area contributed by atoms with Crippen LogP contribution in [0.15, 0.2) is 65.1 Å². The first-order chi connectivity index (χ1) is 14.9. The molecule has 0 aromatic heterocycles. The maximum atomic E-state index is 13.1. The lowest BCUT2D eigenvalue weighted by Gasteiger charge is -2.28. The normalized spacial score (nSPS) is 11.7. The predicted molar refractivity (Wildman–Crippen MR) is 127 cm³/mol. The largest absolute Gasteiger partial charge is 0.483 e. The molecule has 3 aromatic carbocycles. The number of likely N-dealkylation sites (N-methyl/N-ethyl adjacent to an activating group) is 1. The number of rotatable bonds is 8. The van der Waals surface area contributed by atoms with Crippen LogP contribution >= 0.6 is 15.9 Å². The topological polar surface area (TPSA) is 58.6 Å². The SMILES string of the molecule is CCNC(=O)[C@@H](C)N(Cc1cccc(C)c1)C(=O)COc1ccc2ccccc2c1Br. The fourth-order valence-corrected chi connectivity index (χ4v) is 4.07. The summed E-state index contributed by atoms with van der Waals surface area (Å²) in [7, 11) is 0. The molecule has 0 aliphatic rings. The zero-order chi connectivity index (χ0) is 22.4. The Hall–Kier alpha value is -2.86. The number of aryl methyl sites for hydroxylation is 1. The van der Waals surface area contributed by atoms with E-state index in [1.807, 2.05) is 74.5 Å². The Kier molecular flexibility index (Phi) is 7.69. The molecule has 1 N–H and O–H groups in total. The molecule has 0 aliphatic carbocycles. The van der Waals surface area contributed by atoms with Crippen molar-refractivity contribution < 1.29 is 14.3 Å². The monoisotopic (exact) mass is 482 g/mol. The molecule has 0 saturated heterocycles. The first-order valence-corrected chi connectivity index (χ1v) is 11.1. The third kappa shape index (κ3) is 5.64. The Morgan fingerprint density at radius 3 is 2.61 bits per heavy atom. The zero-order valence-corrected chi connectivity index (χ0v) is 19.6. The van der Waals surface area contributed by atoms with Crippen LogP contribution in [0.5, 0.6) is 5.75 Å². The Bertz CT molecular complexity index is 1080. The van der Waals surface area contributed by atoms with Crippen molar-refractivity contribution in [3.8, 4) is 5.75 Å². The molecule has 162 valence electrons. The van der Waals surface area contributed by atoms with Gasteiger partial charge in [0.05, 0.1) is 4.47 Å². The number of halogens is 1. The molecule has 0 fully saturated rings. The van der Waals surface area contributed by atoms with Gasteiger partial charge >= 0.3 is 0 Å². The number of amides is 2. The zero-order valence-electron chi connectivity index (χ0n) is 18.0. The summed E-state index contributed by atoms with van der Waals surface area (Å²) in [6.45, 7) is 6.29. The van der Waals surface area contributed by atoms with Crippen molar-refractivity contribution in [1.82, 2.24) is 10.2 Å². The number of carbonyl (C=O) groups is 2. The fourth-order valence-electron chi connectivity index (χ4n) is 3.46. The van der Waals surface area contributed by atoms with Gasteiger partial charge in [-0.25, -0.2) is 0 Å². The fraction of sp³-hybridized carbons (Fsp3) is 0.280. The second kappa shape index (κ2) is 10.4. The highest BCUT2D eigenvalue weighted by atomic mass is 79.9. The minimum Gasteiger partial charge on any atom is -0.483 e. The van der Waals surface area contributed by atoms with Crippen molar-refractivity contribution in [3.05, 3.63) is 76.3 Å². The number of benzene rings is 3. The van der Waals surface area contributed by atoms with Crippen molar-refractivity contribution in [2.45, 2.75) is 33.4 Å². The second-order valence-electron chi connectivity index (χ2n) is 7.47. The number of ether oxygens (including phenoxy) is 1. The molecule has 0 unspecified atom stereocenters. The molecule has 3 rings (SSSR count). The molecular weight excluding hydrogens is 456 g/mol. The van der Waals surface area contributed by atoms with Crippen LogP contribution in [0.4, 0.5) is 0 Å². The van der Waals surface area contributed by atoms with Crippen molar-refractivity contribution in [2.24, 2.45) is 0 Å². The van der Waals surface area contributed by atoms with Gasteiger partial charge in [-0.1, -0.05) is 60.2 Å². The number of nitrogens with zero attached hydrogens (tertiary/aromatic N) is 1. The van der Waals surface area contributed by atoms with Gasteiger partial charge in [-0.05, 0) is 59.1 Å². The van der Waals surface area contributed by atoms with Gasteiger partial charge in [-0.3, -0.25) is 9.59 Å². The molecule has 2 amide bonds. The van der Waals surface area contributed by atoms with Crippen LogP contribution < -0.4 is 10.1 Å². The summed E-state index contributed by atoms with van der Waals surface area (Å²) < 4.78 is 6.68. The molecule has 0 heterocycles. The quantitative estimate of drug-likeness (QED) is 0.499. The van der Waals surface area contributed by atoms with E-state index in [1.165, 1.54) is 0 Å². The molecule has 5 nitrogen and oxygen atoms in total. The third-order valence-electron chi connectivity index (χ3n) is 5.13. The van der Waals surface area contributed by atoms with E-state index >= 15 is 0 Å². The van der Waals surface area contributed by atoms with E-state index in [0.717, 1.165) is 26.4 Å². The molecular formula is C25H27BrN2O3. The highest BCUT2D eigenvalue weighted by molar-refractivity contribution is 9.10. The third-order valence-corrected chi connectivity index (χ3v) is 5.95. The van der Waals surface area contributed by atoms with Crippen LogP contribution in [-0.2, 0) is 16.1 Å². The summed E-state index contributed by atoms with van der Waals surface area (Å²) >= 11 is 3.59. The van der Waals surface area contributed by atoms with Crippen LogP contribution in [0.2, 0.25) is 0 Å². The number of hydrogen-bond acceptors (Lipinski definition) is 3. The molecule has 0 aliphatic heterocycles. The first kappa shape index (κ1) is 22.8. The number of nitrogens with one attached hydrogen (secondary N) is 1. The maximum absolute atomic E-state index is 13.1. The van der Waals surface area contributed by atoms with Crippen molar-refractivity contribution in [3.63, 3.8) is 0 Å². The van der Waals surface area contributed by atoms with Crippen molar-refractivity contribution in [2.75, 3.05) is 13.2 Å². The minimum absolute atomic E-state index is 0.160. The average molecular weight is 483 g/mol. The molecule has 31 heavy (non-hydrogen) atoms. The maximum Gasteiger partial charge on any atom is 0.261 e. The number of carbonyl (C=O) groups excluding carboxylic acids is 2. The lowest BCUT2D eigenvalue weighted by atomic mass is 10.1. The molecule has 1 atom stereocenters. The number of fused-ring (bicyclic) bond motifs is 1. The van der Waals surface area contributed by atoms with Gasteiger partial charge in [0.2, 0.25) is 5.91 Å². The van der Waals surface area contributed by atoms with Crippen LogP contribution in [-0.4, -0.2) is 35.9 Å². The Balaban J connectivity index is 1.79. The standard InChI is InChI=1S/C25H27BrN2O3/c1-4-27-25(30)18(3)28(15-19-9-7-8-17(2)14-19)23(29)16-31-22-13-12-20-10-5-6-11-21(20)24(22)26/h5-14,18H,4,15-16H2,1-3H3,(H,27,30)/t18-/m1/s1. The second-order valence-corrected chi connectivity index (χ2v) is 8.26. The molecule has 0 radical (unpaired) electrons. The highest BCUT2D eigenvalue weighted by Crippen LogP contribution is 2.33. The summed E-state index contributed by atoms with van der Waals surface area (Å²) in [4.78, 5) is 27.2. The summed E-state index contributed by atoms with van der Waals surface area (Å²) in [5.41, 5.74) is 2.07. The lowest BCUT2D eigenvalue weighted by molar-refractivity contribution is -0.142. The van der Waals surface area contributed by atoms with Gasteiger partial charge in [0.25, 0.3) is 5.91 Å². The molecule has 3 aromatic rings. The smallest absolute Gasteiger partial charge is 0.261 e. The van der Waals surface area contributed by atoms with Crippen molar-refractivity contribution in [1.29, 1.82) is 0 Å². The average Bonchev–Trinajstić information content (AvgIpc) is 2.77. The van der Waals surface area contributed by atoms with E-state index in [4.69, 9.17) is 4.74 Å². The van der Waals surface area contributed by atoms with Crippen molar-refractivity contribution >= 4 is 38.5 Å². The van der Waals surface area contributed by atoms with Gasteiger partial charge in [0.1, 0.15) is 11.8 Å². The van der Waals surface area contributed by atoms with E-state index in [-0.39, 0.29) is 18.4 Å². The van der Waals surface area contributed by atoms with Gasteiger partial charge < -0.3 is 15.0 Å². The van der Waals surface area contributed by atoms with E-state index in [9.17, 15) is 9.59 Å². The summed E-state index contributed by atoms with van der Waals surface area (Å²) in [5.74, 6) is 0.156. The van der Waals surface area contributed by atoms with Gasteiger partial charge in [-0.2, -0.15) is 0 Å². The van der Waals surface area contributed by atoms with Gasteiger partial charge in [0, 0.05) is 13.1 Å². The molecule has 0 bridgehead atoms. The van der Waals surface area contributed by atoms with E-state index in [1.54, 1.807) is 11.8 Å². The summed E-state index contributed by atoms with van der Waals surface area (Å²) in [6.07, 6.45) is 0. The van der Waals surface area contributed by atoms with E-state index < -0.39 is 6.04 Å². The van der Waals surface area contributed by atoms with E-state index in [0.29, 0.717) is 18.8 Å². The number of hydrogen-bond donors (Lipinski definition) is 1. The Labute approximate surface area is 191 Å². The van der Waals surface area contributed by atoms with Gasteiger partial charge in [-0.15, -0.1) is 0 Å². The predicted octanol–water partition coefficient (Wildman–Crippen LogP) is 4.84. The van der Waals surface area contributed by atoms with Crippen LogP contribution in [0.25, 0.3) is 10.8 Å². The van der Waals surface area contributed by atoms with Crippen LogP contribution in [0.3, 0.4) is 0 Å². The Morgan fingerprint density at radius 2 is 1.87 bits per heavy atom. The van der Waals surface area contributed by atoms with E-state index in [2.05, 4.69) is 21.2 Å². The van der Waals surface area contributed by atoms with Gasteiger partial charge in [0.15, 0.2) is 6.61 Å². The summed E-state index contributed by atoms with van der Waals surface area (Å²) in [6, 6.07) is 19.1. The Morgan fingerprint density at radius 1 is 1.10 bits per heavy atom. The van der Waals surface area contributed by atoms with Crippen LogP contribution in [0.1, 0.15) is 25.0 Å². The lowest BCUT2D eigenvalue weighted by Crippen LogP contribution is -2.49. The first-order valence-electron chi connectivity index (χ1n) is 10.3. The minimum atomic E-state index is -0.614. The highest BCUT2D eigenvalue weighted by Gasteiger charge is 2.26. The summed E-state index contributed by atoms with van der Waals surface area (Å²) in [5, 5.41) is 4.90. The molecule has 6 heteroatoms. The molecule has 0 spiro atoms.